The molecule has 4 rings (SSSR count). The Bertz CT molecular complexity index is 872. The van der Waals surface area contributed by atoms with E-state index < -0.39 is 29.3 Å². The number of ether oxygens (including phenoxy) is 1. The highest BCUT2D eigenvalue weighted by atomic mass is 16.5. The van der Waals surface area contributed by atoms with E-state index in [0.29, 0.717) is 17.7 Å². The highest BCUT2D eigenvalue weighted by Gasteiger charge is 2.73. The van der Waals surface area contributed by atoms with Gasteiger partial charge in [0.1, 0.15) is 17.9 Å². The molecule has 1 aromatic carbocycles. The van der Waals surface area contributed by atoms with Crippen molar-refractivity contribution < 1.29 is 29.2 Å². The molecule has 1 aromatic rings. The van der Waals surface area contributed by atoms with Crippen LogP contribution in [0.2, 0.25) is 0 Å². The van der Waals surface area contributed by atoms with Crippen molar-refractivity contribution >= 4 is 29.3 Å². The lowest BCUT2D eigenvalue weighted by atomic mass is 9.76. The fourth-order valence-electron chi connectivity index (χ4n) is 4.96. The Morgan fingerprint density at radius 1 is 1.29 bits per heavy atom. The van der Waals surface area contributed by atoms with Crippen LogP contribution in [0.15, 0.2) is 24.3 Å². The first kappa shape index (κ1) is 18.6. The van der Waals surface area contributed by atoms with E-state index in [0.717, 1.165) is 0 Å². The molecular weight excluding hydrogens is 364 g/mol. The lowest BCUT2D eigenvalue weighted by Gasteiger charge is -2.26. The van der Waals surface area contributed by atoms with Crippen molar-refractivity contribution in [2.45, 2.75) is 24.4 Å². The van der Waals surface area contributed by atoms with Crippen molar-refractivity contribution in [3.63, 3.8) is 0 Å². The van der Waals surface area contributed by atoms with Gasteiger partial charge in [0.15, 0.2) is 0 Å². The number of amides is 4. The maximum atomic E-state index is 13.3. The van der Waals surface area contributed by atoms with Crippen LogP contribution in [0.1, 0.15) is 18.4 Å². The minimum atomic E-state index is -1.21. The summed E-state index contributed by atoms with van der Waals surface area (Å²) < 4.78 is 5.03. The number of carbonyl (C=O) groups is 4. The molecule has 0 aliphatic carbocycles. The first-order chi connectivity index (χ1) is 13.4. The number of methoxy groups -OCH3 is 1. The van der Waals surface area contributed by atoms with Gasteiger partial charge < -0.3 is 21.1 Å². The molecule has 4 atom stereocenters. The molecule has 0 saturated carbocycles. The van der Waals surface area contributed by atoms with Crippen molar-refractivity contribution in [2.24, 2.45) is 17.6 Å². The minimum absolute atomic E-state index is 0.0866. The van der Waals surface area contributed by atoms with Crippen LogP contribution in [-0.2, 0) is 29.5 Å². The summed E-state index contributed by atoms with van der Waals surface area (Å²) in [5.41, 5.74) is 5.44. The number of nitrogens with zero attached hydrogens (tertiary/aromatic N) is 1. The largest absolute Gasteiger partial charge is 0.383 e. The molecule has 2 fully saturated rings. The van der Waals surface area contributed by atoms with Crippen LogP contribution in [0.4, 0.5) is 5.69 Å². The average Bonchev–Trinajstić information content (AvgIpc) is 3.24. The fourth-order valence-corrected chi connectivity index (χ4v) is 4.96. The molecule has 0 unspecified atom stereocenters. The van der Waals surface area contributed by atoms with E-state index in [4.69, 9.17) is 10.5 Å². The quantitative estimate of drug-likeness (QED) is 0.500. The van der Waals surface area contributed by atoms with Crippen molar-refractivity contribution in [3.8, 4) is 0 Å². The molecular formula is C19H23N4O5+. The van der Waals surface area contributed by atoms with Crippen molar-refractivity contribution in [1.82, 2.24) is 4.90 Å². The smallest absolute Gasteiger partial charge is 0.291 e. The lowest BCUT2D eigenvalue weighted by molar-refractivity contribution is -0.734. The monoisotopic (exact) mass is 387 g/mol. The molecule has 148 valence electrons. The predicted octanol–water partition coefficient (Wildman–Crippen LogP) is -1.71. The van der Waals surface area contributed by atoms with E-state index in [9.17, 15) is 19.2 Å². The number of quaternary nitrogens is 1. The second-order valence-electron chi connectivity index (χ2n) is 7.53. The molecule has 0 radical (unpaired) electrons. The molecule has 3 heterocycles. The average molecular weight is 387 g/mol. The van der Waals surface area contributed by atoms with Gasteiger partial charge in [0.2, 0.25) is 23.3 Å². The third kappa shape index (κ3) is 2.46. The van der Waals surface area contributed by atoms with E-state index in [1.165, 1.54) is 12.0 Å². The summed E-state index contributed by atoms with van der Waals surface area (Å²) in [4.78, 5) is 52.0. The number of hydrogen-bond donors (Lipinski definition) is 3. The molecule has 5 N–H and O–H groups in total. The van der Waals surface area contributed by atoms with Crippen molar-refractivity contribution in [3.05, 3.63) is 29.8 Å². The van der Waals surface area contributed by atoms with Crippen LogP contribution < -0.4 is 16.4 Å². The third-order valence-corrected chi connectivity index (χ3v) is 6.11. The van der Waals surface area contributed by atoms with E-state index in [2.05, 4.69) is 5.32 Å². The molecule has 28 heavy (non-hydrogen) atoms. The van der Waals surface area contributed by atoms with Gasteiger partial charge in [0.25, 0.3) is 5.91 Å². The number of imide groups is 1. The molecule has 2 saturated heterocycles. The molecule has 0 aromatic heterocycles. The summed E-state index contributed by atoms with van der Waals surface area (Å²) in [5.74, 6) is -2.96. The third-order valence-electron chi connectivity index (χ3n) is 6.11. The highest BCUT2D eigenvalue weighted by molar-refractivity contribution is 6.13. The Kier molecular flexibility index (Phi) is 4.43. The van der Waals surface area contributed by atoms with Crippen molar-refractivity contribution in [1.29, 1.82) is 0 Å². The Balaban J connectivity index is 1.79. The summed E-state index contributed by atoms with van der Waals surface area (Å²) in [6, 6.07) is 6.82. The molecule has 9 heteroatoms. The molecule has 1 spiro atoms. The van der Waals surface area contributed by atoms with Crippen LogP contribution in [0.25, 0.3) is 0 Å². The Morgan fingerprint density at radius 2 is 2.04 bits per heavy atom. The molecule has 3 aliphatic rings. The lowest BCUT2D eigenvalue weighted by Crippen LogP contribution is -2.99. The highest BCUT2D eigenvalue weighted by Crippen LogP contribution is 2.49. The molecule has 4 amide bonds. The zero-order valence-electron chi connectivity index (χ0n) is 15.5. The maximum absolute atomic E-state index is 13.3. The second kappa shape index (κ2) is 6.68. The normalized spacial score (nSPS) is 30.7. The predicted molar refractivity (Wildman–Crippen MR) is 96.5 cm³/mol. The van der Waals surface area contributed by atoms with Crippen LogP contribution in [0.5, 0.6) is 0 Å². The molecule has 3 aliphatic heterocycles. The first-order valence-electron chi connectivity index (χ1n) is 9.31. The Labute approximate surface area is 161 Å². The number of likely N-dealkylation sites (tertiary alicyclic amines) is 1. The van der Waals surface area contributed by atoms with Crippen LogP contribution >= 0.6 is 0 Å². The van der Waals surface area contributed by atoms with Crippen LogP contribution in [0.3, 0.4) is 0 Å². The number of anilines is 1. The van der Waals surface area contributed by atoms with Crippen LogP contribution in [-0.4, -0.2) is 54.8 Å². The molecule has 9 nitrogen and oxygen atoms in total. The van der Waals surface area contributed by atoms with Gasteiger partial charge >= 0.3 is 0 Å². The standard InChI is InChI=1S/C19H22N4O5/c1-28-9-8-23-16(25)14-12(6-7-13(20)24)22-19(15(14)17(23)26)10-4-2-3-5-11(10)21-18(19)27/h2-5,12,14-15,22H,6-9H2,1H3,(H2,20,24)(H,21,27)/p+1/t12-,14+,15-,19-/m0/s1. The van der Waals surface area contributed by atoms with Crippen molar-refractivity contribution in [2.75, 3.05) is 25.6 Å². The number of para-hydroxylation sites is 1. The van der Waals surface area contributed by atoms with Gasteiger partial charge in [-0.2, -0.15) is 0 Å². The number of primary amides is 1. The molecule has 0 bridgehead atoms. The summed E-state index contributed by atoms with van der Waals surface area (Å²) in [6.07, 6.45) is 0.411. The van der Waals surface area contributed by atoms with Gasteiger partial charge in [-0.1, -0.05) is 18.2 Å². The van der Waals surface area contributed by atoms with Gasteiger partial charge in [0, 0.05) is 25.5 Å². The number of hydrogen-bond acceptors (Lipinski definition) is 5. The number of nitrogens with two attached hydrogens (primary N) is 2. The number of benzene rings is 1. The van der Waals surface area contributed by atoms with E-state index >= 15 is 0 Å². The Hall–Kier alpha value is -2.78. The SMILES string of the molecule is COCCN1C(=O)[C@@H]2[C@H](CCC(N)=O)[NH2+][C@]3(C(=O)Nc4ccccc43)[C@@H]2C1=O. The summed E-state index contributed by atoms with van der Waals surface area (Å²) in [7, 11) is 1.50. The summed E-state index contributed by atoms with van der Waals surface area (Å²) >= 11 is 0. The minimum Gasteiger partial charge on any atom is -0.383 e. The topological polar surface area (TPSA) is 135 Å². The fraction of sp³-hybridized carbons (Fsp3) is 0.474. The first-order valence-corrected chi connectivity index (χ1v) is 9.31. The van der Waals surface area contributed by atoms with E-state index in [1.807, 2.05) is 18.2 Å². The number of rotatable bonds is 6. The Morgan fingerprint density at radius 3 is 2.75 bits per heavy atom. The number of carbonyl (C=O) groups excluding carboxylic acids is 4. The van der Waals surface area contributed by atoms with Gasteiger partial charge in [-0.05, 0) is 6.07 Å². The van der Waals surface area contributed by atoms with Gasteiger partial charge in [-0.15, -0.1) is 0 Å². The van der Waals surface area contributed by atoms with E-state index in [-0.39, 0.29) is 37.3 Å². The summed E-state index contributed by atoms with van der Waals surface area (Å²) in [6.45, 7) is 0.366. The number of fused-ring (bicyclic) bond motifs is 4. The zero-order valence-corrected chi connectivity index (χ0v) is 15.5. The zero-order chi connectivity index (χ0) is 20.1. The van der Waals surface area contributed by atoms with Gasteiger partial charge in [-0.25, -0.2) is 0 Å². The van der Waals surface area contributed by atoms with Crippen LogP contribution in [0, 0.1) is 11.8 Å². The summed E-state index contributed by atoms with van der Waals surface area (Å²) in [5, 5.41) is 4.65. The number of nitrogens with one attached hydrogen (secondary N) is 1. The second-order valence-corrected chi connectivity index (χ2v) is 7.53. The van der Waals surface area contributed by atoms with Gasteiger partial charge in [0.05, 0.1) is 18.8 Å². The van der Waals surface area contributed by atoms with E-state index in [1.54, 1.807) is 11.4 Å². The maximum Gasteiger partial charge on any atom is 0.291 e. The van der Waals surface area contributed by atoms with Gasteiger partial charge in [-0.3, -0.25) is 24.1 Å².